The normalized spacial score (nSPS) is 11.9. The Morgan fingerprint density at radius 2 is 2.41 bits per heavy atom. The van der Waals surface area contributed by atoms with Crippen molar-refractivity contribution in [2.45, 2.75) is 13.0 Å². The summed E-state index contributed by atoms with van der Waals surface area (Å²) in [4.78, 5) is 15.8. The summed E-state index contributed by atoms with van der Waals surface area (Å²) < 4.78 is 10.2. The van der Waals surface area contributed by atoms with Crippen LogP contribution in [0.25, 0.3) is 0 Å². The van der Waals surface area contributed by atoms with Gasteiger partial charge in [0, 0.05) is 19.9 Å². The highest BCUT2D eigenvalue weighted by atomic mass is 16.5. The van der Waals surface area contributed by atoms with Gasteiger partial charge in [0.25, 0.3) is 5.91 Å². The molecule has 94 valence electrons. The van der Waals surface area contributed by atoms with Crippen LogP contribution in [0.2, 0.25) is 0 Å². The van der Waals surface area contributed by atoms with Gasteiger partial charge in [-0.3, -0.25) is 4.79 Å². The second-order valence-corrected chi connectivity index (χ2v) is 3.24. The van der Waals surface area contributed by atoms with E-state index in [1.165, 1.54) is 7.11 Å². The number of carbonyl (C=O) groups is 1. The predicted octanol–water partition coefficient (Wildman–Crippen LogP) is 0.392. The van der Waals surface area contributed by atoms with Crippen LogP contribution in [0, 0.1) is 0 Å². The van der Waals surface area contributed by atoms with Crippen molar-refractivity contribution in [3.63, 3.8) is 0 Å². The van der Waals surface area contributed by atoms with Gasteiger partial charge in [-0.1, -0.05) is 0 Å². The van der Waals surface area contributed by atoms with Crippen molar-refractivity contribution in [1.82, 2.24) is 4.98 Å². The Hall–Kier alpha value is -1.66. The molecule has 0 radical (unpaired) electrons. The monoisotopic (exact) mass is 239 g/mol. The number of anilines is 1. The van der Waals surface area contributed by atoms with E-state index in [0.717, 1.165) is 0 Å². The third-order valence-corrected chi connectivity index (χ3v) is 2.10. The number of carbonyl (C=O) groups excluding carboxylic acids is 1. The first kappa shape index (κ1) is 13.4. The van der Waals surface area contributed by atoms with Gasteiger partial charge in [-0.2, -0.15) is 0 Å². The van der Waals surface area contributed by atoms with Gasteiger partial charge in [0.2, 0.25) is 5.88 Å². The molecule has 1 aromatic heterocycles. The van der Waals surface area contributed by atoms with Crippen LogP contribution in [0.15, 0.2) is 18.3 Å². The van der Waals surface area contributed by atoms with E-state index in [1.807, 2.05) is 6.92 Å². The summed E-state index contributed by atoms with van der Waals surface area (Å²) in [6.07, 6.45) is 0.918. The molecule has 0 aliphatic rings. The lowest BCUT2D eigenvalue weighted by molar-refractivity contribution is -0.125. The van der Waals surface area contributed by atoms with Crippen molar-refractivity contribution in [1.29, 1.82) is 0 Å². The number of nitrogens with one attached hydrogen (secondary N) is 1. The average molecular weight is 239 g/mol. The van der Waals surface area contributed by atoms with Gasteiger partial charge in [0.1, 0.15) is 11.8 Å². The van der Waals surface area contributed by atoms with Crippen LogP contribution < -0.4 is 15.8 Å². The van der Waals surface area contributed by atoms with E-state index in [2.05, 4.69) is 10.3 Å². The summed E-state index contributed by atoms with van der Waals surface area (Å²) in [5, 5.41) is 2.67. The van der Waals surface area contributed by atoms with E-state index in [0.29, 0.717) is 18.2 Å². The van der Waals surface area contributed by atoms with Crippen LogP contribution in [-0.2, 0) is 9.53 Å². The van der Waals surface area contributed by atoms with Gasteiger partial charge in [0.15, 0.2) is 0 Å². The first-order chi connectivity index (χ1) is 8.22. The number of amides is 1. The largest absolute Gasteiger partial charge is 0.476 e. The van der Waals surface area contributed by atoms with Gasteiger partial charge in [-0.05, 0) is 19.1 Å². The molecule has 3 N–H and O–H groups in total. The van der Waals surface area contributed by atoms with E-state index in [1.54, 1.807) is 18.3 Å². The number of ether oxygens (including phenoxy) is 2. The average Bonchev–Trinajstić information content (AvgIpc) is 2.33. The number of rotatable bonds is 6. The van der Waals surface area contributed by atoms with Gasteiger partial charge in [-0.15, -0.1) is 0 Å². The molecule has 0 aromatic carbocycles. The highest BCUT2D eigenvalue weighted by molar-refractivity contribution is 5.95. The van der Waals surface area contributed by atoms with Crippen LogP contribution in [0.5, 0.6) is 5.88 Å². The van der Waals surface area contributed by atoms with Crippen molar-refractivity contribution in [3.8, 4) is 5.88 Å². The molecule has 1 atom stereocenters. The zero-order valence-electron chi connectivity index (χ0n) is 9.97. The summed E-state index contributed by atoms with van der Waals surface area (Å²) in [5.41, 5.74) is 5.91. The maximum Gasteiger partial charge on any atom is 0.254 e. The number of methoxy groups -OCH3 is 1. The maximum absolute atomic E-state index is 11.7. The Morgan fingerprint density at radius 3 is 3.00 bits per heavy atom. The summed E-state index contributed by atoms with van der Waals surface area (Å²) >= 11 is 0. The molecule has 1 heterocycles. The predicted molar refractivity (Wildman–Crippen MR) is 63.9 cm³/mol. The highest BCUT2D eigenvalue weighted by Crippen LogP contribution is 2.20. The highest BCUT2D eigenvalue weighted by Gasteiger charge is 2.17. The lowest BCUT2D eigenvalue weighted by atomic mass is 10.3. The fourth-order valence-corrected chi connectivity index (χ4v) is 1.26. The quantitative estimate of drug-likeness (QED) is 0.750. The molecular weight excluding hydrogens is 222 g/mol. The van der Waals surface area contributed by atoms with Crippen molar-refractivity contribution in [3.05, 3.63) is 18.3 Å². The minimum atomic E-state index is -0.676. The van der Waals surface area contributed by atoms with E-state index >= 15 is 0 Å². The third-order valence-electron chi connectivity index (χ3n) is 2.10. The fourth-order valence-electron chi connectivity index (χ4n) is 1.26. The molecular formula is C11H17N3O3. The van der Waals surface area contributed by atoms with Gasteiger partial charge in [0.05, 0.1) is 6.61 Å². The molecule has 0 saturated carbocycles. The molecule has 6 heteroatoms. The molecule has 1 aromatic rings. The molecule has 0 bridgehead atoms. The number of hydrogen-bond acceptors (Lipinski definition) is 5. The van der Waals surface area contributed by atoms with Crippen LogP contribution in [0.3, 0.4) is 0 Å². The van der Waals surface area contributed by atoms with Crippen molar-refractivity contribution in [2.75, 3.05) is 25.6 Å². The minimum Gasteiger partial charge on any atom is -0.476 e. The molecule has 0 aliphatic heterocycles. The lowest BCUT2D eigenvalue weighted by Crippen LogP contribution is -2.36. The molecule has 0 spiro atoms. The lowest BCUT2D eigenvalue weighted by Gasteiger charge is -2.14. The van der Waals surface area contributed by atoms with Crippen molar-refractivity contribution < 1.29 is 14.3 Å². The fraction of sp³-hybridized carbons (Fsp3) is 0.455. The zero-order chi connectivity index (χ0) is 12.7. The standard InChI is InChI=1S/C11H17N3O3/c1-3-17-11-8(5-4-6-13-11)14-10(15)9(7-12)16-2/h4-6,9H,3,7,12H2,1-2H3,(H,14,15). The Labute approximate surface area is 100 Å². The third kappa shape index (κ3) is 3.69. The van der Waals surface area contributed by atoms with Crippen molar-refractivity contribution >= 4 is 11.6 Å². The van der Waals surface area contributed by atoms with Crippen molar-refractivity contribution in [2.24, 2.45) is 5.73 Å². The summed E-state index contributed by atoms with van der Waals surface area (Å²) in [6, 6.07) is 3.42. The van der Waals surface area contributed by atoms with Crippen LogP contribution in [0.1, 0.15) is 6.92 Å². The summed E-state index contributed by atoms with van der Waals surface area (Å²) in [6.45, 7) is 2.44. The molecule has 0 fully saturated rings. The SMILES string of the molecule is CCOc1ncccc1NC(=O)C(CN)OC. The Balaban J connectivity index is 2.76. The Morgan fingerprint density at radius 1 is 1.65 bits per heavy atom. The first-order valence-electron chi connectivity index (χ1n) is 5.34. The molecule has 6 nitrogen and oxygen atoms in total. The van der Waals surface area contributed by atoms with E-state index in [-0.39, 0.29) is 12.5 Å². The maximum atomic E-state index is 11.7. The topological polar surface area (TPSA) is 86.5 Å². The molecule has 0 aliphatic carbocycles. The Bertz CT molecular complexity index is 367. The molecule has 1 amide bonds. The molecule has 17 heavy (non-hydrogen) atoms. The van der Waals surface area contributed by atoms with Gasteiger partial charge < -0.3 is 20.5 Å². The van der Waals surface area contributed by atoms with Crippen LogP contribution >= 0.6 is 0 Å². The van der Waals surface area contributed by atoms with E-state index in [4.69, 9.17) is 15.2 Å². The van der Waals surface area contributed by atoms with Crippen LogP contribution in [0.4, 0.5) is 5.69 Å². The van der Waals surface area contributed by atoms with E-state index in [9.17, 15) is 4.79 Å². The number of hydrogen-bond donors (Lipinski definition) is 2. The second kappa shape index (κ2) is 6.82. The second-order valence-electron chi connectivity index (χ2n) is 3.24. The molecule has 1 rings (SSSR count). The number of aromatic nitrogens is 1. The van der Waals surface area contributed by atoms with Gasteiger partial charge in [-0.25, -0.2) is 4.98 Å². The first-order valence-corrected chi connectivity index (χ1v) is 5.34. The minimum absolute atomic E-state index is 0.118. The Kier molecular flexibility index (Phi) is 5.38. The van der Waals surface area contributed by atoms with E-state index < -0.39 is 6.10 Å². The zero-order valence-corrected chi connectivity index (χ0v) is 9.97. The molecule has 1 unspecified atom stereocenters. The molecule has 0 saturated heterocycles. The summed E-state index contributed by atoms with van der Waals surface area (Å²) in [5.74, 6) is 0.0687. The van der Waals surface area contributed by atoms with Crippen LogP contribution in [-0.4, -0.2) is 37.3 Å². The number of nitrogens with zero attached hydrogens (tertiary/aromatic N) is 1. The number of nitrogens with two attached hydrogens (primary N) is 1. The van der Waals surface area contributed by atoms with Gasteiger partial charge >= 0.3 is 0 Å². The summed E-state index contributed by atoms with van der Waals surface area (Å²) in [7, 11) is 1.43. The number of pyridine rings is 1. The smallest absolute Gasteiger partial charge is 0.254 e.